The number of nitrogens with zero attached hydrogens (tertiary/aromatic N) is 2. The Morgan fingerprint density at radius 1 is 0.828 bits per heavy atom. The quantitative estimate of drug-likeness (QED) is 0.600. The Balaban J connectivity index is 1.66. The number of hydrogen-bond donors (Lipinski definition) is 3. The highest BCUT2D eigenvalue weighted by atomic mass is 16.2. The number of pyridine rings is 2. The number of hydrogen-bond acceptors (Lipinski definition) is 5. The molecular weight excluding hydrogens is 370 g/mol. The lowest BCUT2D eigenvalue weighted by molar-refractivity contribution is -0.114. The fourth-order valence-electron chi connectivity index (χ4n) is 2.55. The summed E-state index contributed by atoms with van der Waals surface area (Å²) in [7, 11) is 0. The van der Waals surface area contributed by atoms with Crippen LogP contribution in [0.25, 0.3) is 0 Å². The Labute approximate surface area is 167 Å². The molecule has 0 radical (unpaired) electrons. The first-order valence-corrected chi connectivity index (χ1v) is 8.82. The lowest BCUT2D eigenvalue weighted by Crippen LogP contribution is -2.23. The number of rotatable bonds is 6. The van der Waals surface area contributed by atoms with Crippen LogP contribution in [0.3, 0.4) is 0 Å². The highest BCUT2D eigenvalue weighted by Crippen LogP contribution is 2.16. The average Bonchev–Trinajstić information content (AvgIpc) is 2.72. The molecule has 0 atom stereocenters. The van der Waals surface area contributed by atoms with Crippen LogP contribution >= 0.6 is 0 Å². The van der Waals surface area contributed by atoms with E-state index in [9.17, 15) is 14.4 Å². The second-order valence-corrected chi connectivity index (χ2v) is 6.22. The number of anilines is 2. The van der Waals surface area contributed by atoms with Crippen molar-refractivity contribution in [2.45, 2.75) is 13.5 Å². The normalized spacial score (nSPS) is 10.1. The average molecular weight is 389 g/mol. The molecule has 0 saturated carbocycles. The van der Waals surface area contributed by atoms with Crippen LogP contribution in [0.1, 0.15) is 33.2 Å². The van der Waals surface area contributed by atoms with Gasteiger partial charge in [0.05, 0.1) is 11.1 Å². The molecule has 1 aromatic carbocycles. The number of nitrogens with one attached hydrogen (secondary N) is 3. The molecule has 0 unspecified atom stereocenters. The molecule has 3 N–H and O–H groups in total. The van der Waals surface area contributed by atoms with Crippen molar-refractivity contribution in [1.82, 2.24) is 15.3 Å². The summed E-state index contributed by atoms with van der Waals surface area (Å²) in [6, 6.07) is 11.8. The van der Waals surface area contributed by atoms with E-state index in [0.29, 0.717) is 17.9 Å². The third kappa shape index (κ3) is 5.70. The van der Waals surface area contributed by atoms with Crippen molar-refractivity contribution >= 4 is 29.1 Å². The van der Waals surface area contributed by atoms with Gasteiger partial charge in [0.1, 0.15) is 0 Å². The summed E-state index contributed by atoms with van der Waals surface area (Å²) in [6.45, 7) is 1.75. The van der Waals surface area contributed by atoms with Gasteiger partial charge >= 0.3 is 0 Å². The molecule has 2 heterocycles. The van der Waals surface area contributed by atoms with Gasteiger partial charge in [-0.2, -0.15) is 0 Å². The molecule has 29 heavy (non-hydrogen) atoms. The first kappa shape index (κ1) is 19.7. The van der Waals surface area contributed by atoms with Crippen molar-refractivity contribution in [3.63, 3.8) is 0 Å². The monoisotopic (exact) mass is 389 g/mol. The molecule has 3 amide bonds. The van der Waals surface area contributed by atoms with E-state index in [1.807, 2.05) is 0 Å². The molecule has 0 bridgehead atoms. The van der Waals surface area contributed by atoms with Crippen LogP contribution in [0.4, 0.5) is 11.4 Å². The zero-order chi connectivity index (χ0) is 20.6. The number of aromatic nitrogens is 2. The van der Waals surface area contributed by atoms with Gasteiger partial charge in [0, 0.05) is 49.6 Å². The molecule has 0 aliphatic rings. The minimum atomic E-state index is -0.416. The van der Waals surface area contributed by atoms with Crippen LogP contribution < -0.4 is 16.0 Å². The number of carbonyl (C=O) groups excluding carboxylic acids is 3. The van der Waals surface area contributed by atoms with Crippen LogP contribution in [-0.4, -0.2) is 27.7 Å². The maximum absolute atomic E-state index is 12.5. The van der Waals surface area contributed by atoms with Crippen LogP contribution in [0.15, 0.2) is 67.3 Å². The molecule has 0 fully saturated rings. The molecular formula is C21H19N5O3. The van der Waals surface area contributed by atoms with Gasteiger partial charge in [-0.3, -0.25) is 24.4 Å². The van der Waals surface area contributed by atoms with E-state index in [2.05, 4.69) is 25.9 Å². The molecule has 146 valence electrons. The lowest BCUT2D eigenvalue weighted by Gasteiger charge is -2.09. The molecule has 8 heteroatoms. The maximum atomic E-state index is 12.5. The number of amides is 3. The van der Waals surface area contributed by atoms with Crippen LogP contribution in [0.5, 0.6) is 0 Å². The highest BCUT2D eigenvalue weighted by molar-refractivity contribution is 6.06. The van der Waals surface area contributed by atoms with Gasteiger partial charge in [-0.25, -0.2) is 0 Å². The van der Waals surface area contributed by atoms with Crippen molar-refractivity contribution in [1.29, 1.82) is 0 Å². The summed E-state index contributed by atoms with van der Waals surface area (Å²) >= 11 is 0. The number of benzene rings is 1. The van der Waals surface area contributed by atoms with Gasteiger partial charge < -0.3 is 16.0 Å². The van der Waals surface area contributed by atoms with Crippen LogP contribution in [0, 0.1) is 0 Å². The van der Waals surface area contributed by atoms with Gasteiger partial charge in [-0.1, -0.05) is 6.07 Å². The second kappa shape index (κ2) is 9.23. The Bertz CT molecular complexity index is 1040. The molecule has 3 rings (SSSR count). The zero-order valence-electron chi connectivity index (χ0n) is 15.7. The van der Waals surface area contributed by atoms with Crippen molar-refractivity contribution in [3.8, 4) is 0 Å². The molecule has 0 spiro atoms. The Hall–Kier alpha value is -4.07. The Kier molecular flexibility index (Phi) is 6.26. The predicted molar refractivity (Wildman–Crippen MR) is 108 cm³/mol. The van der Waals surface area contributed by atoms with E-state index < -0.39 is 5.91 Å². The summed E-state index contributed by atoms with van der Waals surface area (Å²) in [5, 5.41) is 8.16. The van der Waals surface area contributed by atoms with Crippen molar-refractivity contribution in [2.75, 3.05) is 10.6 Å². The first-order valence-electron chi connectivity index (χ1n) is 8.82. The fraction of sp³-hybridized carbons (Fsp3) is 0.0952. The summed E-state index contributed by atoms with van der Waals surface area (Å²) in [5.74, 6) is -0.957. The van der Waals surface area contributed by atoms with E-state index >= 15 is 0 Å². The Morgan fingerprint density at radius 2 is 1.48 bits per heavy atom. The topological polar surface area (TPSA) is 113 Å². The zero-order valence-corrected chi connectivity index (χ0v) is 15.7. The second-order valence-electron chi connectivity index (χ2n) is 6.22. The van der Waals surface area contributed by atoms with Crippen molar-refractivity contribution in [3.05, 3.63) is 83.9 Å². The van der Waals surface area contributed by atoms with E-state index in [0.717, 1.165) is 5.56 Å². The smallest absolute Gasteiger partial charge is 0.257 e. The summed E-state index contributed by atoms with van der Waals surface area (Å²) in [6.07, 6.45) is 6.08. The molecule has 3 aromatic rings. The van der Waals surface area contributed by atoms with Gasteiger partial charge in [0.2, 0.25) is 5.91 Å². The molecule has 0 aliphatic carbocycles. The van der Waals surface area contributed by atoms with E-state index in [1.165, 1.54) is 25.4 Å². The third-order valence-corrected chi connectivity index (χ3v) is 3.91. The van der Waals surface area contributed by atoms with E-state index in [-0.39, 0.29) is 22.9 Å². The maximum Gasteiger partial charge on any atom is 0.257 e. The largest absolute Gasteiger partial charge is 0.348 e. The SMILES string of the molecule is CC(=O)Nc1cccc(NC(=O)c2cncc(C(=O)NCc3ccncc3)c2)c1. The van der Waals surface area contributed by atoms with Crippen molar-refractivity contribution < 1.29 is 14.4 Å². The lowest BCUT2D eigenvalue weighted by atomic mass is 10.1. The molecule has 2 aromatic heterocycles. The number of carbonyl (C=O) groups is 3. The third-order valence-electron chi connectivity index (χ3n) is 3.91. The summed E-state index contributed by atoms with van der Waals surface area (Å²) in [4.78, 5) is 44.0. The highest BCUT2D eigenvalue weighted by Gasteiger charge is 2.12. The minimum Gasteiger partial charge on any atom is -0.348 e. The van der Waals surface area contributed by atoms with Gasteiger partial charge in [-0.05, 0) is 42.0 Å². The fourth-order valence-corrected chi connectivity index (χ4v) is 2.55. The van der Waals surface area contributed by atoms with Gasteiger partial charge in [0.25, 0.3) is 11.8 Å². The Morgan fingerprint density at radius 3 is 2.17 bits per heavy atom. The van der Waals surface area contributed by atoms with E-state index in [1.54, 1.807) is 48.8 Å². The van der Waals surface area contributed by atoms with Crippen LogP contribution in [0.2, 0.25) is 0 Å². The van der Waals surface area contributed by atoms with Crippen LogP contribution in [-0.2, 0) is 11.3 Å². The van der Waals surface area contributed by atoms with Gasteiger partial charge in [0.15, 0.2) is 0 Å². The predicted octanol–water partition coefficient (Wildman–Crippen LogP) is 2.62. The molecule has 0 saturated heterocycles. The van der Waals surface area contributed by atoms with E-state index in [4.69, 9.17) is 0 Å². The first-order chi connectivity index (χ1) is 14.0. The minimum absolute atomic E-state index is 0.205. The molecule has 0 aliphatic heterocycles. The standard InChI is InChI=1S/C21H19N5O3/c1-14(27)25-18-3-2-4-19(10-18)26-21(29)17-9-16(12-23-13-17)20(28)24-11-15-5-7-22-8-6-15/h2-10,12-13H,11H2,1H3,(H,24,28)(H,25,27)(H,26,29). The summed E-state index contributed by atoms with van der Waals surface area (Å²) in [5.41, 5.74) is 2.51. The molecule has 8 nitrogen and oxygen atoms in total. The van der Waals surface area contributed by atoms with Gasteiger partial charge in [-0.15, -0.1) is 0 Å². The van der Waals surface area contributed by atoms with Crippen molar-refractivity contribution in [2.24, 2.45) is 0 Å². The summed E-state index contributed by atoms with van der Waals surface area (Å²) < 4.78 is 0.